The largest absolute Gasteiger partial charge is 0.478 e. The Balaban J connectivity index is 1.16. The molecule has 4 heterocycles. The van der Waals surface area contributed by atoms with Crippen LogP contribution in [0.2, 0.25) is 5.02 Å². The van der Waals surface area contributed by atoms with Crippen molar-refractivity contribution < 1.29 is 33.5 Å². The minimum Gasteiger partial charge on any atom is -0.478 e. The number of aromatic carboxylic acids is 1. The van der Waals surface area contributed by atoms with Gasteiger partial charge in [-0.25, -0.2) is 9.18 Å². The first-order valence-electron chi connectivity index (χ1n) is 15.8. The quantitative estimate of drug-likeness (QED) is 0.353. The lowest BCUT2D eigenvalue weighted by Gasteiger charge is -2.42. The second-order valence-corrected chi connectivity index (χ2v) is 12.9. The highest BCUT2D eigenvalue weighted by Gasteiger charge is 2.43. The van der Waals surface area contributed by atoms with Gasteiger partial charge in [0.05, 0.1) is 29.5 Å². The lowest BCUT2D eigenvalue weighted by Crippen LogP contribution is -2.49. The van der Waals surface area contributed by atoms with Crippen molar-refractivity contribution in [1.82, 2.24) is 4.90 Å². The molecule has 0 radical (unpaired) electrons. The van der Waals surface area contributed by atoms with Crippen molar-refractivity contribution >= 4 is 46.5 Å². The number of carboxylic acid groups (broad SMARTS) is 1. The molecule has 0 aromatic heterocycles. The molecular weight excluding hydrogens is 627 g/mol. The molecule has 7 rings (SSSR count). The standard InChI is InChI=1S/C35H34ClFN4O6/c36-27-5-1-4-26(31(27)37)28-17-30(47-39-28)34(43)41-16-13-24-25(32(41)33(42)38-23-9-7-21(8-10-23)35(44)45)3-2-6-29(24)40-14-11-20(12-15-40)22-18-46-19-22/h1-10,20,22,30,32H,11-19H2,(H,38,42)(H,44,45)/t30?,32-/m0/s1. The Morgan fingerprint density at radius 1 is 0.957 bits per heavy atom. The van der Waals surface area contributed by atoms with Crippen molar-refractivity contribution in [2.45, 2.75) is 37.8 Å². The molecule has 3 aromatic carbocycles. The second-order valence-electron chi connectivity index (χ2n) is 12.5. The van der Waals surface area contributed by atoms with Gasteiger partial charge in [-0.15, -0.1) is 0 Å². The van der Waals surface area contributed by atoms with Gasteiger partial charge in [0, 0.05) is 48.9 Å². The van der Waals surface area contributed by atoms with E-state index < -0.39 is 35.7 Å². The number of carboxylic acids is 1. The molecule has 2 fully saturated rings. The van der Waals surface area contributed by atoms with Gasteiger partial charge in [-0.05, 0) is 78.8 Å². The number of carbonyl (C=O) groups is 3. The van der Waals surface area contributed by atoms with Gasteiger partial charge in [0.2, 0.25) is 6.10 Å². The number of ether oxygens (including phenoxy) is 1. The molecule has 2 atom stereocenters. The number of piperidine rings is 1. The van der Waals surface area contributed by atoms with Gasteiger partial charge in [-0.2, -0.15) is 0 Å². The number of halogens is 2. The van der Waals surface area contributed by atoms with Crippen molar-refractivity contribution in [2.24, 2.45) is 17.0 Å². The second kappa shape index (κ2) is 13.0. The number of nitrogens with zero attached hydrogens (tertiary/aromatic N) is 3. The predicted molar refractivity (Wildman–Crippen MR) is 173 cm³/mol. The SMILES string of the molecule is O=C(O)c1ccc(NC(=O)[C@@H]2c3cccc(N4CCC(C5COC5)CC4)c3CCN2C(=O)C2CC(c3cccc(Cl)c3F)=NO2)cc1. The maximum absolute atomic E-state index is 14.8. The number of hydrogen-bond donors (Lipinski definition) is 2. The summed E-state index contributed by atoms with van der Waals surface area (Å²) in [5, 5.41) is 16.1. The van der Waals surface area contributed by atoms with Crippen LogP contribution in [0.4, 0.5) is 15.8 Å². The van der Waals surface area contributed by atoms with E-state index in [2.05, 4.69) is 21.4 Å². The molecule has 2 N–H and O–H groups in total. The van der Waals surface area contributed by atoms with Crippen LogP contribution in [0, 0.1) is 17.7 Å². The average molecular weight is 661 g/mol. The predicted octanol–water partition coefficient (Wildman–Crippen LogP) is 5.30. The number of fused-ring (bicyclic) bond motifs is 1. The highest BCUT2D eigenvalue weighted by Crippen LogP contribution is 2.40. The Morgan fingerprint density at radius 3 is 2.40 bits per heavy atom. The van der Waals surface area contributed by atoms with Crippen LogP contribution in [-0.4, -0.2) is 72.5 Å². The highest BCUT2D eigenvalue weighted by molar-refractivity contribution is 6.31. The lowest BCUT2D eigenvalue weighted by atomic mass is 9.82. The van der Waals surface area contributed by atoms with Crippen LogP contribution in [0.1, 0.15) is 52.4 Å². The Kier molecular flexibility index (Phi) is 8.59. The summed E-state index contributed by atoms with van der Waals surface area (Å²) >= 11 is 5.98. The van der Waals surface area contributed by atoms with Crippen LogP contribution < -0.4 is 10.2 Å². The number of benzene rings is 3. The highest BCUT2D eigenvalue weighted by atomic mass is 35.5. The smallest absolute Gasteiger partial charge is 0.335 e. The Bertz CT molecular complexity index is 1740. The zero-order chi connectivity index (χ0) is 32.7. The third kappa shape index (κ3) is 6.05. The van der Waals surface area contributed by atoms with Crippen molar-refractivity contribution in [2.75, 3.05) is 43.1 Å². The Hall–Kier alpha value is -4.48. The fraction of sp³-hybridized carbons (Fsp3) is 0.371. The molecule has 3 aromatic rings. The van der Waals surface area contributed by atoms with Crippen LogP contribution in [0.5, 0.6) is 0 Å². The normalized spacial score (nSPS) is 21.4. The topological polar surface area (TPSA) is 121 Å². The van der Waals surface area contributed by atoms with Gasteiger partial charge in [0.15, 0.2) is 5.82 Å². The number of hydrogen-bond acceptors (Lipinski definition) is 7. The molecule has 2 saturated heterocycles. The van der Waals surface area contributed by atoms with Gasteiger partial charge in [-0.1, -0.05) is 35.0 Å². The fourth-order valence-corrected chi connectivity index (χ4v) is 7.27. The van der Waals surface area contributed by atoms with E-state index in [0.29, 0.717) is 23.9 Å². The molecule has 0 bridgehead atoms. The van der Waals surface area contributed by atoms with E-state index in [9.17, 15) is 23.9 Å². The number of rotatable bonds is 7. The van der Waals surface area contributed by atoms with Gasteiger partial charge in [-0.3, -0.25) is 9.59 Å². The van der Waals surface area contributed by atoms with Gasteiger partial charge in [0.1, 0.15) is 6.04 Å². The first kappa shape index (κ1) is 31.1. The van der Waals surface area contributed by atoms with Gasteiger partial charge in [0.25, 0.3) is 11.8 Å². The minimum absolute atomic E-state index is 0.0193. The first-order chi connectivity index (χ1) is 22.8. The van der Waals surface area contributed by atoms with Crippen molar-refractivity contribution in [3.05, 3.63) is 93.8 Å². The molecule has 4 aliphatic rings. The van der Waals surface area contributed by atoms with E-state index in [1.165, 1.54) is 41.3 Å². The average Bonchev–Trinajstić information content (AvgIpc) is 3.55. The van der Waals surface area contributed by atoms with Crippen LogP contribution in [0.25, 0.3) is 0 Å². The summed E-state index contributed by atoms with van der Waals surface area (Å²) in [6.45, 7) is 3.76. The Morgan fingerprint density at radius 2 is 1.70 bits per heavy atom. The molecule has 2 amide bonds. The monoisotopic (exact) mass is 660 g/mol. The third-order valence-corrected chi connectivity index (χ3v) is 10.0. The summed E-state index contributed by atoms with van der Waals surface area (Å²) in [6, 6.07) is 15.3. The lowest BCUT2D eigenvalue weighted by molar-refractivity contribution is -0.148. The fourth-order valence-electron chi connectivity index (χ4n) is 7.09. The van der Waals surface area contributed by atoms with E-state index in [1.54, 1.807) is 6.07 Å². The third-order valence-electron chi connectivity index (χ3n) is 9.74. The van der Waals surface area contributed by atoms with Gasteiger partial charge >= 0.3 is 5.97 Å². The van der Waals surface area contributed by atoms with E-state index in [1.807, 2.05) is 12.1 Å². The van der Waals surface area contributed by atoms with Crippen molar-refractivity contribution in [3.8, 4) is 0 Å². The molecular formula is C35H34ClFN4O6. The first-order valence-corrected chi connectivity index (χ1v) is 16.2. The summed E-state index contributed by atoms with van der Waals surface area (Å²) in [4.78, 5) is 49.0. The number of amides is 2. The number of anilines is 2. The molecule has 4 aliphatic heterocycles. The summed E-state index contributed by atoms with van der Waals surface area (Å²) in [5.74, 6) is -1.31. The number of oxime groups is 1. The molecule has 10 nitrogen and oxygen atoms in total. The van der Waals surface area contributed by atoms with Gasteiger partial charge < -0.3 is 29.8 Å². The molecule has 12 heteroatoms. The van der Waals surface area contributed by atoms with E-state index >= 15 is 0 Å². The summed E-state index contributed by atoms with van der Waals surface area (Å²) in [5.41, 5.74) is 3.72. The molecule has 0 aliphatic carbocycles. The van der Waals surface area contributed by atoms with Crippen LogP contribution in [0.15, 0.2) is 65.8 Å². The molecule has 1 unspecified atom stereocenters. The Labute approximate surface area is 276 Å². The minimum atomic E-state index is -1.07. The molecule has 244 valence electrons. The van der Waals surface area contributed by atoms with E-state index in [-0.39, 0.29) is 34.8 Å². The number of carbonyl (C=O) groups excluding carboxylic acids is 2. The van der Waals surface area contributed by atoms with Crippen molar-refractivity contribution in [1.29, 1.82) is 0 Å². The van der Waals surface area contributed by atoms with Crippen LogP contribution in [0.3, 0.4) is 0 Å². The van der Waals surface area contributed by atoms with E-state index in [0.717, 1.165) is 56.0 Å². The summed E-state index contributed by atoms with van der Waals surface area (Å²) < 4.78 is 20.2. The maximum Gasteiger partial charge on any atom is 0.335 e. The van der Waals surface area contributed by atoms with Crippen LogP contribution >= 0.6 is 11.6 Å². The zero-order valence-corrected chi connectivity index (χ0v) is 26.3. The van der Waals surface area contributed by atoms with Crippen molar-refractivity contribution in [3.63, 3.8) is 0 Å². The number of nitrogens with one attached hydrogen (secondary N) is 1. The molecule has 0 spiro atoms. The summed E-state index contributed by atoms with van der Waals surface area (Å²) in [6.07, 6.45) is 1.66. The van der Waals surface area contributed by atoms with E-state index in [4.69, 9.17) is 21.2 Å². The molecule has 47 heavy (non-hydrogen) atoms. The maximum atomic E-state index is 14.8. The summed E-state index contributed by atoms with van der Waals surface area (Å²) in [7, 11) is 0. The van der Waals surface area contributed by atoms with Crippen LogP contribution in [-0.2, 0) is 25.6 Å². The zero-order valence-electron chi connectivity index (χ0n) is 25.5. The molecule has 0 saturated carbocycles.